The molecule has 0 bridgehead atoms. The third-order valence-corrected chi connectivity index (χ3v) is 2.57. The Balaban J connectivity index is -0.0000000411. The van der Waals surface area contributed by atoms with Crippen molar-refractivity contribution in [2.24, 2.45) is 0 Å². The molecule has 0 spiro atoms. The fourth-order valence-electron chi connectivity index (χ4n) is 1.43. The van der Waals surface area contributed by atoms with Gasteiger partial charge in [-0.25, -0.2) is 9.59 Å². The summed E-state index contributed by atoms with van der Waals surface area (Å²) in [6, 6.07) is 0. The molecule has 0 atom stereocenters. The third-order valence-electron chi connectivity index (χ3n) is 2.57. The van der Waals surface area contributed by atoms with E-state index in [2.05, 4.69) is 0 Å². The zero-order valence-electron chi connectivity index (χ0n) is 16.0. The molecule has 0 saturated heterocycles. The van der Waals surface area contributed by atoms with Crippen LogP contribution in [0.3, 0.4) is 0 Å². The van der Waals surface area contributed by atoms with Gasteiger partial charge in [-0.15, -0.1) is 0 Å². The number of rotatable bonds is 10. The van der Waals surface area contributed by atoms with Crippen molar-refractivity contribution in [2.75, 3.05) is 0 Å². The van der Waals surface area contributed by atoms with Crippen molar-refractivity contribution in [3.63, 3.8) is 0 Å². The van der Waals surface area contributed by atoms with Crippen LogP contribution < -0.4 is 0 Å². The van der Waals surface area contributed by atoms with Crippen molar-refractivity contribution in [1.29, 1.82) is 0 Å². The standard InChI is InChI=1S/2C6H8O7.Co.2Mo.4H2O/c2*7-3(8)1-6(13,5(11)12)2-4(9)10;;;;;;;/h2*13H,1-2H2,(H,7,8)(H,9,10)(H,11,12);;;;4*1H2. The fourth-order valence-corrected chi connectivity index (χ4v) is 1.43. The Bertz CT molecular complexity index is 527. The van der Waals surface area contributed by atoms with Gasteiger partial charge in [-0.05, 0) is 0 Å². The van der Waals surface area contributed by atoms with Gasteiger partial charge in [-0.1, -0.05) is 0 Å². The largest absolute Gasteiger partial charge is 0.481 e. The SMILES string of the molecule is O.O.O.O.O=C(O)CC(O)(CC(=O)O)C(=O)O.O=C(O)CC(O)(CC(=O)O)C(=O)O.[Co].[Mo].[Mo]. The van der Waals surface area contributed by atoms with Crippen molar-refractivity contribution in [3.8, 4) is 0 Å². The molecule has 0 aliphatic rings. The number of aliphatic hydroxyl groups is 2. The predicted molar refractivity (Wildman–Crippen MR) is 88.6 cm³/mol. The van der Waals surface area contributed by atoms with Crippen LogP contribution in [0.5, 0.6) is 0 Å². The minimum absolute atomic E-state index is 0. The van der Waals surface area contributed by atoms with E-state index in [1.54, 1.807) is 0 Å². The molecule has 0 aromatic carbocycles. The summed E-state index contributed by atoms with van der Waals surface area (Å²) in [7, 11) is 0. The summed E-state index contributed by atoms with van der Waals surface area (Å²) in [5.74, 6) is -10.0. The second-order valence-corrected chi connectivity index (χ2v) is 4.96. The number of carboxylic acid groups (broad SMARTS) is 6. The summed E-state index contributed by atoms with van der Waals surface area (Å²) in [5.41, 5.74) is -5.48. The molecule has 18 nitrogen and oxygen atoms in total. The van der Waals surface area contributed by atoms with E-state index in [0.29, 0.717) is 0 Å². The van der Waals surface area contributed by atoms with E-state index in [-0.39, 0.29) is 80.8 Å². The molecule has 33 heavy (non-hydrogen) atoms. The van der Waals surface area contributed by atoms with E-state index < -0.39 is 72.7 Å². The maximum absolute atomic E-state index is 10.3. The molecular formula is C12H24CoMo2O18. The summed E-state index contributed by atoms with van der Waals surface area (Å²) in [4.78, 5) is 61.0. The van der Waals surface area contributed by atoms with E-state index in [4.69, 9.17) is 40.9 Å². The van der Waals surface area contributed by atoms with Crippen LogP contribution in [0.2, 0.25) is 0 Å². The zero-order valence-corrected chi connectivity index (χ0v) is 21.1. The minimum Gasteiger partial charge on any atom is -0.481 e. The molecule has 0 heterocycles. The Labute approximate surface area is 222 Å². The first-order chi connectivity index (χ1) is 11.6. The molecule has 0 aromatic rings. The number of hydrogen-bond acceptors (Lipinski definition) is 8. The molecule has 0 rings (SSSR count). The van der Waals surface area contributed by atoms with Crippen molar-refractivity contribution >= 4 is 35.8 Å². The first-order valence-corrected chi connectivity index (χ1v) is 6.34. The molecule has 0 aliphatic heterocycles. The summed E-state index contributed by atoms with van der Waals surface area (Å²) >= 11 is 0. The second kappa shape index (κ2) is 25.1. The van der Waals surface area contributed by atoms with E-state index in [1.807, 2.05) is 0 Å². The van der Waals surface area contributed by atoms with Gasteiger partial charge in [-0.2, -0.15) is 0 Å². The van der Waals surface area contributed by atoms with Crippen LogP contribution in [-0.2, 0) is 87.7 Å². The first kappa shape index (κ1) is 57.9. The molecular weight excluding hydrogens is 683 g/mol. The Kier molecular flexibility index (Phi) is 44.0. The summed E-state index contributed by atoms with van der Waals surface area (Å²) in [5, 5.41) is 67.6. The van der Waals surface area contributed by atoms with Crippen molar-refractivity contribution in [2.45, 2.75) is 36.9 Å². The van der Waals surface area contributed by atoms with Gasteiger partial charge in [-0.3, -0.25) is 19.2 Å². The Morgan fingerprint density at radius 3 is 0.636 bits per heavy atom. The van der Waals surface area contributed by atoms with Crippen LogP contribution in [0.1, 0.15) is 25.7 Å². The molecule has 21 heteroatoms. The zero-order chi connectivity index (χ0) is 21.3. The molecule has 0 unspecified atom stereocenters. The van der Waals surface area contributed by atoms with Crippen LogP contribution in [0, 0.1) is 0 Å². The monoisotopic (exact) mass is 711 g/mol. The van der Waals surface area contributed by atoms with E-state index >= 15 is 0 Å². The topological polar surface area (TPSA) is 390 Å². The maximum atomic E-state index is 10.3. The molecule has 0 aliphatic carbocycles. The van der Waals surface area contributed by atoms with Gasteiger partial charge in [0.05, 0.1) is 25.7 Å². The van der Waals surface area contributed by atoms with Gasteiger partial charge >= 0.3 is 35.8 Å². The number of aliphatic carboxylic acids is 6. The molecule has 16 N–H and O–H groups in total. The summed E-state index contributed by atoms with van der Waals surface area (Å²) < 4.78 is 0. The first-order valence-electron chi connectivity index (χ1n) is 6.34. The summed E-state index contributed by atoms with van der Waals surface area (Å²) in [6.07, 6.45) is -4.58. The number of carbonyl (C=O) groups is 6. The second-order valence-electron chi connectivity index (χ2n) is 4.96. The average Bonchev–Trinajstić information content (AvgIpc) is 2.34. The molecule has 0 fully saturated rings. The van der Waals surface area contributed by atoms with Gasteiger partial charge in [0, 0.05) is 58.9 Å². The molecule has 0 saturated carbocycles. The van der Waals surface area contributed by atoms with E-state index in [0.717, 1.165) is 0 Å². The minimum atomic E-state index is -2.74. The molecule has 0 amide bonds. The number of hydrogen-bond donors (Lipinski definition) is 8. The van der Waals surface area contributed by atoms with Crippen molar-refractivity contribution < 1.29 is 150 Å². The number of carboxylic acids is 6. The van der Waals surface area contributed by atoms with Crippen LogP contribution in [0.15, 0.2) is 0 Å². The van der Waals surface area contributed by atoms with Crippen molar-refractivity contribution in [3.05, 3.63) is 0 Å². The maximum Gasteiger partial charge on any atom is 0.336 e. The van der Waals surface area contributed by atoms with Crippen LogP contribution in [0.25, 0.3) is 0 Å². The van der Waals surface area contributed by atoms with Crippen LogP contribution in [-0.4, -0.2) is 110 Å². The molecule has 1 radical (unpaired) electrons. The summed E-state index contributed by atoms with van der Waals surface area (Å²) in [6.45, 7) is 0. The predicted octanol–water partition coefficient (Wildman–Crippen LogP) is -5.80. The molecule has 0 aromatic heterocycles. The fraction of sp³-hybridized carbons (Fsp3) is 0.500. The van der Waals surface area contributed by atoms with Crippen LogP contribution in [0.4, 0.5) is 0 Å². The smallest absolute Gasteiger partial charge is 0.336 e. The molecule has 201 valence electrons. The van der Waals surface area contributed by atoms with Gasteiger partial charge < -0.3 is 62.8 Å². The third kappa shape index (κ3) is 26.6. The van der Waals surface area contributed by atoms with Crippen LogP contribution >= 0.6 is 0 Å². The normalized spacial score (nSPS) is 8.55. The van der Waals surface area contributed by atoms with Gasteiger partial charge in [0.25, 0.3) is 0 Å². The Hall–Kier alpha value is -1.54. The average molecular weight is 707 g/mol. The van der Waals surface area contributed by atoms with Crippen molar-refractivity contribution in [1.82, 2.24) is 0 Å². The quantitative estimate of drug-likeness (QED) is 0.0981. The van der Waals surface area contributed by atoms with Gasteiger partial charge in [0.1, 0.15) is 0 Å². The van der Waals surface area contributed by atoms with Gasteiger partial charge in [0.15, 0.2) is 11.2 Å². The van der Waals surface area contributed by atoms with Gasteiger partial charge in [0.2, 0.25) is 0 Å². The Morgan fingerprint density at radius 1 is 0.455 bits per heavy atom. The Morgan fingerprint density at radius 2 is 0.576 bits per heavy atom. The van der Waals surface area contributed by atoms with E-state index in [9.17, 15) is 28.8 Å². The van der Waals surface area contributed by atoms with E-state index in [1.165, 1.54) is 0 Å².